The molecule has 0 aliphatic heterocycles. The summed E-state index contributed by atoms with van der Waals surface area (Å²) in [6, 6.07) is 4.41. The minimum Gasteiger partial charge on any atom is -0.327 e. The molecule has 1 rings (SSSR count). The van der Waals surface area contributed by atoms with Crippen LogP contribution in [0.5, 0.6) is 0 Å². The van der Waals surface area contributed by atoms with Crippen molar-refractivity contribution < 1.29 is 0 Å². The van der Waals surface area contributed by atoms with Crippen molar-refractivity contribution >= 4 is 0 Å². The van der Waals surface area contributed by atoms with Crippen LogP contribution in [-0.4, -0.2) is 29.0 Å². The Morgan fingerprint density at radius 1 is 1.29 bits per heavy atom. The zero-order chi connectivity index (χ0) is 12.7. The van der Waals surface area contributed by atoms with Crippen molar-refractivity contribution in [2.24, 2.45) is 11.7 Å². The van der Waals surface area contributed by atoms with Gasteiger partial charge in [0.05, 0.1) is 0 Å². The van der Waals surface area contributed by atoms with Crippen molar-refractivity contribution in [1.29, 1.82) is 0 Å². The fraction of sp³-hybridized carbons (Fsp3) is 0.643. The second-order valence-corrected chi connectivity index (χ2v) is 5.07. The van der Waals surface area contributed by atoms with Crippen LogP contribution in [-0.2, 0) is 6.54 Å². The van der Waals surface area contributed by atoms with Gasteiger partial charge in [0.1, 0.15) is 0 Å². The molecule has 1 aromatic heterocycles. The molecule has 1 heterocycles. The molecule has 0 fully saturated rings. The van der Waals surface area contributed by atoms with Gasteiger partial charge in [-0.05, 0) is 36.6 Å². The molecule has 17 heavy (non-hydrogen) atoms. The van der Waals surface area contributed by atoms with Gasteiger partial charge in [-0.2, -0.15) is 0 Å². The quantitative estimate of drug-likeness (QED) is 0.788. The van der Waals surface area contributed by atoms with Gasteiger partial charge in [0.15, 0.2) is 0 Å². The van der Waals surface area contributed by atoms with Crippen molar-refractivity contribution in [3.8, 4) is 0 Å². The molecule has 96 valence electrons. The summed E-state index contributed by atoms with van der Waals surface area (Å²) in [5, 5.41) is 0. The summed E-state index contributed by atoms with van der Waals surface area (Å²) in [7, 11) is 0. The third kappa shape index (κ3) is 5.80. The van der Waals surface area contributed by atoms with E-state index in [4.69, 9.17) is 5.73 Å². The molecule has 0 amide bonds. The van der Waals surface area contributed by atoms with E-state index in [0.717, 1.165) is 26.1 Å². The van der Waals surface area contributed by atoms with Gasteiger partial charge in [-0.1, -0.05) is 20.8 Å². The predicted octanol–water partition coefficient (Wildman–Crippen LogP) is 2.28. The van der Waals surface area contributed by atoms with Crippen LogP contribution in [0.15, 0.2) is 24.5 Å². The van der Waals surface area contributed by atoms with E-state index in [2.05, 4.69) is 42.8 Å². The molecule has 3 heteroatoms. The molecule has 0 radical (unpaired) electrons. The summed E-state index contributed by atoms with van der Waals surface area (Å²) in [4.78, 5) is 6.43. The highest BCUT2D eigenvalue weighted by Gasteiger charge is 2.11. The van der Waals surface area contributed by atoms with E-state index in [9.17, 15) is 0 Å². The Morgan fingerprint density at radius 2 is 1.94 bits per heavy atom. The highest BCUT2D eigenvalue weighted by atomic mass is 15.1. The van der Waals surface area contributed by atoms with Gasteiger partial charge >= 0.3 is 0 Å². The maximum atomic E-state index is 6.15. The van der Waals surface area contributed by atoms with Crippen LogP contribution in [0.3, 0.4) is 0 Å². The summed E-state index contributed by atoms with van der Waals surface area (Å²) in [5.41, 5.74) is 7.45. The number of hydrogen-bond acceptors (Lipinski definition) is 3. The van der Waals surface area contributed by atoms with E-state index >= 15 is 0 Å². The minimum absolute atomic E-state index is 0.275. The second kappa shape index (κ2) is 7.41. The maximum absolute atomic E-state index is 6.15. The van der Waals surface area contributed by atoms with Gasteiger partial charge in [-0.15, -0.1) is 0 Å². The third-order valence-corrected chi connectivity index (χ3v) is 2.87. The molecule has 0 aliphatic carbocycles. The summed E-state index contributed by atoms with van der Waals surface area (Å²) in [5.74, 6) is 0.671. The predicted molar refractivity (Wildman–Crippen MR) is 72.6 cm³/mol. The monoisotopic (exact) mass is 235 g/mol. The Hall–Kier alpha value is -0.930. The molecular formula is C14H25N3. The average Bonchev–Trinajstić information content (AvgIpc) is 2.28. The van der Waals surface area contributed by atoms with Crippen molar-refractivity contribution in [3.05, 3.63) is 30.1 Å². The molecule has 2 N–H and O–H groups in total. The molecule has 1 atom stereocenters. The largest absolute Gasteiger partial charge is 0.327 e. The summed E-state index contributed by atoms with van der Waals surface area (Å²) in [6.07, 6.45) is 4.78. The number of nitrogens with zero attached hydrogens (tertiary/aromatic N) is 2. The maximum Gasteiger partial charge on any atom is 0.0271 e. The zero-order valence-electron chi connectivity index (χ0n) is 11.3. The molecule has 0 bridgehead atoms. The third-order valence-electron chi connectivity index (χ3n) is 2.87. The highest BCUT2D eigenvalue weighted by Crippen LogP contribution is 2.07. The van der Waals surface area contributed by atoms with Gasteiger partial charge in [0.25, 0.3) is 0 Å². The zero-order valence-corrected chi connectivity index (χ0v) is 11.3. The van der Waals surface area contributed by atoms with E-state index in [1.165, 1.54) is 5.56 Å². The smallest absolute Gasteiger partial charge is 0.0271 e. The van der Waals surface area contributed by atoms with Gasteiger partial charge in [0.2, 0.25) is 0 Å². The van der Waals surface area contributed by atoms with Gasteiger partial charge in [0, 0.05) is 31.5 Å². The minimum atomic E-state index is 0.275. The normalized spacial score (nSPS) is 13.3. The highest BCUT2D eigenvalue weighted by molar-refractivity contribution is 5.09. The Labute approximate surface area is 105 Å². The van der Waals surface area contributed by atoms with Crippen LogP contribution < -0.4 is 5.73 Å². The van der Waals surface area contributed by atoms with Gasteiger partial charge < -0.3 is 5.73 Å². The molecule has 1 unspecified atom stereocenters. The number of likely N-dealkylation sites (N-methyl/N-ethyl adjacent to an activating group) is 1. The first-order chi connectivity index (χ1) is 8.11. The van der Waals surface area contributed by atoms with Crippen LogP contribution >= 0.6 is 0 Å². The average molecular weight is 235 g/mol. The van der Waals surface area contributed by atoms with E-state index in [0.29, 0.717) is 5.92 Å². The summed E-state index contributed by atoms with van der Waals surface area (Å²) < 4.78 is 0. The molecule has 0 spiro atoms. The Balaban J connectivity index is 2.43. The lowest BCUT2D eigenvalue weighted by atomic mass is 10.0. The molecular weight excluding hydrogens is 210 g/mol. The van der Waals surface area contributed by atoms with Crippen LogP contribution in [0.4, 0.5) is 0 Å². The fourth-order valence-electron chi connectivity index (χ4n) is 2.06. The van der Waals surface area contributed by atoms with Crippen LogP contribution in [0.25, 0.3) is 0 Å². The lowest BCUT2D eigenvalue weighted by Crippen LogP contribution is -2.37. The Morgan fingerprint density at radius 3 is 2.47 bits per heavy atom. The fourth-order valence-corrected chi connectivity index (χ4v) is 2.06. The number of pyridine rings is 1. The van der Waals surface area contributed by atoms with E-state index in [1.54, 1.807) is 0 Å². The molecule has 0 aliphatic rings. The van der Waals surface area contributed by atoms with Crippen LogP contribution in [0.1, 0.15) is 32.8 Å². The van der Waals surface area contributed by atoms with Gasteiger partial charge in [-0.25, -0.2) is 0 Å². The SMILES string of the molecule is CCN(Cc1ccncc1)CC(N)CC(C)C. The lowest BCUT2D eigenvalue weighted by Gasteiger charge is -2.25. The molecule has 1 aromatic rings. The van der Waals surface area contributed by atoms with Gasteiger partial charge in [-0.3, -0.25) is 9.88 Å². The number of rotatable bonds is 7. The van der Waals surface area contributed by atoms with E-state index in [1.807, 2.05) is 12.4 Å². The number of nitrogens with two attached hydrogens (primary N) is 1. The molecule has 0 saturated heterocycles. The molecule has 0 saturated carbocycles. The van der Waals surface area contributed by atoms with Crippen LogP contribution in [0.2, 0.25) is 0 Å². The number of aromatic nitrogens is 1. The second-order valence-electron chi connectivity index (χ2n) is 5.07. The Kier molecular flexibility index (Phi) is 6.16. The Bertz CT molecular complexity index is 298. The lowest BCUT2D eigenvalue weighted by molar-refractivity contribution is 0.249. The molecule has 0 aromatic carbocycles. The van der Waals surface area contributed by atoms with E-state index in [-0.39, 0.29) is 6.04 Å². The first-order valence-electron chi connectivity index (χ1n) is 6.48. The van der Waals surface area contributed by atoms with Crippen molar-refractivity contribution in [3.63, 3.8) is 0 Å². The van der Waals surface area contributed by atoms with Crippen molar-refractivity contribution in [2.75, 3.05) is 13.1 Å². The summed E-state index contributed by atoms with van der Waals surface area (Å²) >= 11 is 0. The van der Waals surface area contributed by atoms with Crippen molar-refractivity contribution in [1.82, 2.24) is 9.88 Å². The first-order valence-corrected chi connectivity index (χ1v) is 6.48. The topological polar surface area (TPSA) is 42.2 Å². The standard InChI is InChI=1S/C14H25N3/c1-4-17(11-14(15)9-12(2)3)10-13-5-7-16-8-6-13/h5-8,12,14H,4,9-11,15H2,1-3H3. The van der Waals surface area contributed by atoms with Crippen LogP contribution in [0, 0.1) is 5.92 Å². The first kappa shape index (κ1) is 14.1. The summed E-state index contributed by atoms with van der Waals surface area (Å²) in [6.45, 7) is 9.59. The van der Waals surface area contributed by atoms with Crippen molar-refractivity contribution in [2.45, 2.75) is 39.8 Å². The van der Waals surface area contributed by atoms with E-state index < -0.39 is 0 Å². The molecule has 3 nitrogen and oxygen atoms in total. The number of hydrogen-bond donors (Lipinski definition) is 1.